The van der Waals surface area contributed by atoms with Gasteiger partial charge in [-0.15, -0.1) is 0 Å². The van der Waals surface area contributed by atoms with Gasteiger partial charge in [-0.25, -0.2) is 4.79 Å². The maximum Gasteiger partial charge on any atom is 0.321 e. The van der Waals surface area contributed by atoms with Crippen molar-refractivity contribution in [1.29, 1.82) is 0 Å². The summed E-state index contributed by atoms with van der Waals surface area (Å²) < 4.78 is 0. The highest BCUT2D eigenvalue weighted by Gasteiger charge is 2.15. The fourth-order valence-electron chi connectivity index (χ4n) is 2.01. The molecule has 0 radical (unpaired) electrons. The molecule has 0 spiro atoms. The lowest BCUT2D eigenvalue weighted by Crippen LogP contribution is -2.37. The number of nitrogens with zero attached hydrogens (tertiary/aromatic N) is 2. The summed E-state index contributed by atoms with van der Waals surface area (Å²) in [6, 6.07) is 3.12. The van der Waals surface area contributed by atoms with Crippen LogP contribution in [0.15, 0.2) is 18.3 Å². The molecule has 2 rings (SSSR count). The van der Waals surface area contributed by atoms with Crippen LogP contribution >= 0.6 is 0 Å². The number of carbonyl (C=O) groups excluding carboxylic acids is 1. The maximum absolute atomic E-state index is 12.0. The van der Waals surface area contributed by atoms with E-state index in [9.17, 15) is 9.59 Å². The standard InChI is InChI=1S/C13H18N4O3/c18-12(19)8-10-2-3-11(9-15-10)16-13(20)17-6-1-4-14-5-7-17/h2-3,9,14H,1,4-8H2,(H,16,20)(H,18,19). The van der Waals surface area contributed by atoms with Gasteiger partial charge < -0.3 is 20.6 Å². The number of amides is 2. The fourth-order valence-corrected chi connectivity index (χ4v) is 2.01. The molecule has 0 saturated carbocycles. The van der Waals surface area contributed by atoms with Crippen LogP contribution in [0.1, 0.15) is 12.1 Å². The summed E-state index contributed by atoms with van der Waals surface area (Å²) in [5.74, 6) is -0.925. The van der Waals surface area contributed by atoms with Gasteiger partial charge in [0.1, 0.15) is 0 Å². The van der Waals surface area contributed by atoms with Crippen LogP contribution in [0.2, 0.25) is 0 Å². The first-order valence-corrected chi connectivity index (χ1v) is 6.58. The van der Waals surface area contributed by atoms with E-state index in [0.29, 0.717) is 17.9 Å². The Morgan fingerprint density at radius 2 is 2.20 bits per heavy atom. The van der Waals surface area contributed by atoms with Crippen LogP contribution in [0.4, 0.5) is 10.5 Å². The monoisotopic (exact) mass is 278 g/mol. The average Bonchev–Trinajstić information content (AvgIpc) is 2.69. The van der Waals surface area contributed by atoms with Gasteiger partial charge in [-0.05, 0) is 25.1 Å². The van der Waals surface area contributed by atoms with Gasteiger partial charge in [-0.2, -0.15) is 0 Å². The molecule has 7 heteroatoms. The summed E-state index contributed by atoms with van der Waals surface area (Å²) in [6.07, 6.45) is 2.29. The molecule has 0 aliphatic carbocycles. The van der Waals surface area contributed by atoms with Crippen LogP contribution in [-0.4, -0.2) is 53.2 Å². The Labute approximate surface area is 117 Å². The lowest BCUT2D eigenvalue weighted by Gasteiger charge is -2.20. The second kappa shape index (κ2) is 6.85. The van der Waals surface area contributed by atoms with Crippen LogP contribution in [0.3, 0.4) is 0 Å². The molecular formula is C13H18N4O3. The van der Waals surface area contributed by atoms with Crippen molar-refractivity contribution < 1.29 is 14.7 Å². The molecule has 1 fully saturated rings. The fraction of sp³-hybridized carbons (Fsp3) is 0.462. The number of hydrogen-bond donors (Lipinski definition) is 3. The summed E-state index contributed by atoms with van der Waals surface area (Å²) in [4.78, 5) is 28.4. The molecule has 1 aliphatic heterocycles. The third-order valence-corrected chi connectivity index (χ3v) is 3.04. The average molecular weight is 278 g/mol. The first-order chi connectivity index (χ1) is 9.65. The molecular weight excluding hydrogens is 260 g/mol. The van der Waals surface area contributed by atoms with Gasteiger partial charge >= 0.3 is 12.0 Å². The Morgan fingerprint density at radius 3 is 2.90 bits per heavy atom. The smallest absolute Gasteiger partial charge is 0.321 e. The molecule has 0 atom stereocenters. The number of nitrogens with one attached hydrogen (secondary N) is 2. The Kier molecular flexibility index (Phi) is 4.89. The topological polar surface area (TPSA) is 94.6 Å². The molecule has 0 aromatic carbocycles. The van der Waals surface area contributed by atoms with Gasteiger partial charge in [0, 0.05) is 19.6 Å². The van der Waals surface area contributed by atoms with Crippen LogP contribution < -0.4 is 10.6 Å². The first-order valence-electron chi connectivity index (χ1n) is 6.58. The molecule has 1 aromatic rings. The zero-order valence-corrected chi connectivity index (χ0v) is 11.1. The lowest BCUT2D eigenvalue weighted by atomic mass is 10.2. The van der Waals surface area contributed by atoms with E-state index < -0.39 is 5.97 Å². The van der Waals surface area contributed by atoms with Gasteiger partial charge in [-0.1, -0.05) is 0 Å². The number of rotatable bonds is 3. The molecule has 20 heavy (non-hydrogen) atoms. The number of carbonyl (C=O) groups is 2. The summed E-state index contributed by atoms with van der Waals surface area (Å²) in [7, 11) is 0. The third kappa shape index (κ3) is 4.20. The molecule has 1 saturated heterocycles. The second-order valence-electron chi connectivity index (χ2n) is 4.63. The molecule has 108 valence electrons. The highest BCUT2D eigenvalue weighted by molar-refractivity contribution is 5.89. The van der Waals surface area contributed by atoms with Crippen molar-refractivity contribution in [3.63, 3.8) is 0 Å². The molecule has 0 bridgehead atoms. The molecule has 2 heterocycles. The summed E-state index contributed by atoms with van der Waals surface area (Å²) >= 11 is 0. The normalized spacial score (nSPS) is 15.5. The number of carboxylic acids is 1. The van der Waals surface area contributed by atoms with Gasteiger partial charge in [0.15, 0.2) is 0 Å². The Hall–Kier alpha value is -2.15. The third-order valence-electron chi connectivity index (χ3n) is 3.04. The number of hydrogen-bond acceptors (Lipinski definition) is 4. The van der Waals surface area contributed by atoms with Gasteiger partial charge in [0.2, 0.25) is 0 Å². The van der Waals surface area contributed by atoms with E-state index in [2.05, 4.69) is 15.6 Å². The Balaban J connectivity index is 1.91. The van der Waals surface area contributed by atoms with E-state index in [1.165, 1.54) is 6.20 Å². The van der Waals surface area contributed by atoms with E-state index in [1.54, 1.807) is 17.0 Å². The Bertz CT molecular complexity index is 467. The van der Waals surface area contributed by atoms with E-state index in [1.807, 2.05) is 0 Å². The first kappa shape index (κ1) is 14.3. The van der Waals surface area contributed by atoms with Crippen molar-refractivity contribution in [1.82, 2.24) is 15.2 Å². The van der Waals surface area contributed by atoms with Crippen LogP contribution in [0.25, 0.3) is 0 Å². The van der Waals surface area contributed by atoms with Crippen molar-refractivity contribution in [2.75, 3.05) is 31.5 Å². The van der Waals surface area contributed by atoms with E-state index >= 15 is 0 Å². The van der Waals surface area contributed by atoms with Crippen molar-refractivity contribution in [3.8, 4) is 0 Å². The quantitative estimate of drug-likeness (QED) is 0.750. The number of aromatic nitrogens is 1. The minimum absolute atomic E-state index is 0.119. The van der Waals surface area contributed by atoms with Crippen LogP contribution in [-0.2, 0) is 11.2 Å². The van der Waals surface area contributed by atoms with E-state index in [-0.39, 0.29) is 12.5 Å². The summed E-state index contributed by atoms with van der Waals surface area (Å²) in [5, 5.41) is 14.7. The largest absolute Gasteiger partial charge is 0.481 e. The lowest BCUT2D eigenvalue weighted by molar-refractivity contribution is -0.136. The van der Waals surface area contributed by atoms with E-state index in [4.69, 9.17) is 5.11 Å². The highest BCUT2D eigenvalue weighted by atomic mass is 16.4. The molecule has 1 aromatic heterocycles. The van der Waals surface area contributed by atoms with Crippen molar-refractivity contribution in [2.24, 2.45) is 0 Å². The van der Waals surface area contributed by atoms with Crippen LogP contribution in [0.5, 0.6) is 0 Å². The van der Waals surface area contributed by atoms with E-state index in [0.717, 1.165) is 26.1 Å². The van der Waals surface area contributed by atoms with Crippen LogP contribution in [0, 0.1) is 0 Å². The molecule has 2 amide bonds. The number of carboxylic acid groups (broad SMARTS) is 1. The summed E-state index contributed by atoms with van der Waals surface area (Å²) in [6.45, 7) is 3.12. The summed E-state index contributed by atoms with van der Waals surface area (Å²) in [5.41, 5.74) is 1.04. The van der Waals surface area contributed by atoms with Crippen molar-refractivity contribution in [2.45, 2.75) is 12.8 Å². The highest BCUT2D eigenvalue weighted by Crippen LogP contribution is 2.08. The van der Waals surface area contributed by atoms with Gasteiger partial charge in [0.05, 0.1) is 24.0 Å². The van der Waals surface area contributed by atoms with Crippen molar-refractivity contribution in [3.05, 3.63) is 24.0 Å². The SMILES string of the molecule is O=C(O)Cc1ccc(NC(=O)N2CCCNCC2)cn1. The molecule has 3 N–H and O–H groups in total. The zero-order valence-electron chi connectivity index (χ0n) is 11.1. The number of aliphatic carboxylic acids is 1. The number of anilines is 1. The number of urea groups is 1. The Morgan fingerprint density at radius 1 is 1.35 bits per heavy atom. The second-order valence-corrected chi connectivity index (χ2v) is 4.63. The zero-order chi connectivity index (χ0) is 14.4. The minimum Gasteiger partial charge on any atom is -0.481 e. The van der Waals surface area contributed by atoms with Crippen molar-refractivity contribution >= 4 is 17.7 Å². The number of pyridine rings is 1. The molecule has 1 aliphatic rings. The predicted molar refractivity (Wildman–Crippen MR) is 73.7 cm³/mol. The van der Waals surface area contributed by atoms with Gasteiger partial charge in [-0.3, -0.25) is 9.78 Å². The van der Waals surface area contributed by atoms with Gasteiger partial charge in [0.25, 0.3) is 0 Å². The maximum atomic E-state index is 12.0. The molecule has 7 nitrogen and oxygen atoms in total. The minimum atomic E-state index is -0.925. The predicted octanol–water partition coefficient (Wildman–Crippen LogP) is 0.536. The molecule has 0 unspecified atom stereocenters.